The maximum Gasteiger partial charge on any atom is 0.336 e. The van der Waals surface area contributed by atoms with Crippen LogP contribution in [0.4, 0.5) is 10.1 Å². The van der Waals surface area contributed by atoms with Crippen molar-refractivity contribution in [3.8, 4) is 0 Å². The summed E-state index contributed by atoms with van der Waals surface area (Å²) < 4.78 is 14.2. The molecule has 0 radical (unpaired) electrons. The number of hydrogen-bond donors (Lipinski definition) is 1. The quantitative estimate of drug-likeness (QED) is 0.905. The van der Waals surface area contributed by atoms with Gasteiger partial charge in [0, 0.05) is 11.9 Å². The van der Waals surface area contributed by atoms with Crippen LogP contribution in [-0.4, -0.2) is 23.1 Å². The van der Waals surface area contributed by atoms with Gasteiger partial charge in [-0.15, -0.1) is 11.3 Å². The lowest BCUT2D eigenvalue weighted by Gasteiger charge is -2.20. The molecule has 0 unspecified atom stereocenters. The van der Waals surface area contributed by atoms with Gasteiger partial charge >= 0.3 is 5.97 Å². The molecular weight excluding hydrogens is 347 g/mol. The van der Waals surface area contributed by atoms with Crippen LogP contribution >= 0.6 is 27.3 Å². The molecule has 0 bridgehead atoms. The Morgan fingerprint density at radius 3 is 2.80 bits per heavy atom. The van der Waals surface area contributed by atoms with Gasteiger partial charge in [0.25, 0.3) is 0 Å². The number of anilines is 1. The maximum absolute atomic E-state index is 14.2. The van der Waals surface area contributed by atoms with Crippen LogP contribution < -0.4 is 4.90 Å². The molecule has 0 aliphatic heterocycles. The van der Waals surface area contributed by atoms with Crippen LogP contribution in [0.1, 0.15) is 20.9 Å². The normalized spacial score (nSPS) is 10.6. The zero-order valence-electron chi connectivity index (χ0n) is 10.9. The van der Waals surface area contributed by atoms with E-state index in [4.69, 9.17) is 5.11 Å². The zero-order valence-corrected chi connectivity index (χ0v) is 13.3. The molecule has 1 heterocycles. The number of rotatable bonds is 4. The van der Waals surface area contributed by atoms with Gasteiger partial charge in [0.15, 0.2) is 5.82 Å². The van der Waals surface area contributed by atoms with E-state index >= 15 is 0 Å². The molecule has 1 N–H and O–H groups in total. The Labute approximate surface area is 128 Å². The average Bonchev–Trinajstić information content (AvgIpc) is 2.77. The van der Waals surface area contributed by atoms with E-state index in [-0.39, 0.29) is 10.0 Å². The van der Waals surface area contributed by atoms with Gasteiger partial charge in [-0.05, 0) is 35.0 Å². The molecule has 0 aliphatic carbocycles. The number of halogens is 2. The highest BCUT2D eigenvalue weighted by molar-refractivity contribution is 9.10. The van der Waals surface area contributed by atoms with Crippen LogP contribution in [0.2, 0.25) is 0 Å². The SMILES string of the molecule is Cc1ncsc1CN(C)c1ccc(C(=O)O)c(Br)c1F. The topological polar surface area (TPSA) is 53.4 Å². The molecule has 7 heteroatoms. The zero-order chi connectivity index (χ0) is 14.9. The minimum Gasteiger partial charge on any atom is -0.478 e. The van der Waals surface area contributed by atoms with Crippen LogP contribution in [0.15, 0.2) is 22.1 Å². The summed E-state index contributed by atoms with van der Waals surface area (Å²) in [5, 5.41) is 8.95. The predicted molar refractivity (Wildman–Crippen MR) is 80.0 cm³/mol. The van der Waals surface area contributed by atoms with E-state index in [9.17, 15) is 9.18 Å². The fourth-order valence-corrected chi connectivity index (χ4v) is 3.11. The molecule has 1 aromatic carbocycles. The van der Waals surface area contributed by atoms with E-state index in [1.54, 1.807) is 17.5 Å². The Morgan fingerprint density at radius 1 is 1.55 bits per heavy atom. The van der Waals surface area contributed by atoms with E-state index in [1.807, 2.05) is 6.92 Å². The highest BCUT2D eigenvalue weighted by Crippen LogP contribution is 2.30. The lowest BCUT2D eigenvalue weighted by atomic mass is 10.2. The first-order valence-corrected chi connectivity index (χ1v) is 7.40. The molecule has 0 atom stereocenters. The average molecular weight is 359 g/mol. The van der Waals surface area contributed by atoms with Gasteiger partial charge in [-0.1, -0.05) is 0 Å². The molecule has 0 saturated carbocycles. The molecule has 2 rings (SSSR count). The molecule has 0 amide bonds. The third-order valence-electron chi connectivity index (χ3n) is 2.93. The van der Waals surface area contributed by atoms with Crippen molar-refractivity contribution in [3.05, 3.63) is 44.1 Å². The van der Waals surface area contributed by atoms with Crippen LogP contribution in [0.25, 0.3) is 0 Å². The molecular formula is C13H12BrFN2O2S. The predicted octanol–water partition coefficient (Wildman–Crippen LogP) is 3.69. The molecule has 1 aromatic heterocycles. The summed E-state index contributed by atoms with van der Waals surface area (Å²) >= 11 is 4.51. The Bertz CT molecular complexity index is 660. The Kier molecular flexibility index (Phi) is 4.39. The van der Waals surface area contributed by atoms with Crippen molar-refractivity contribution < 1.29 is 14.3 Å². The Hall–Kier alpha value is -1.47. The summed E-state index contributed by atoms with van der Waals surface area (Å²) in [7, 11) is 1.75. The van der Waals surface area contributed by atoms with Gasteiger partial charge in [0.2, 0.25) is 0 Å². The van der Waals surface area contributed by atoms with Gasteiger partial charge in [-0.3, -0.25) is 0 Å². The van der Waals surface area contributed by atoms with Crippen molar-refractivity contribution in [2.24, 2.45) is 0 Å². The molecule has 0 saturated heterocycles. The number of nitrogens with zero attached hydrogens (tertiary/aromatic N) is 2. The lowest BCUT2D eigenvalue weighted by Crippen LogP contribution is -2.18. The number of benzene rings is 1. The number of thiazole rings is 1. The summed E-state index contributed by atoms with van der Waals surface area (Å²) in [5.74, 6) is -1.74. The van der Waals surface area contributed by atoms with Crippen molar-refractivity contribution in [3.63, 3.8) is 0 Å². The number of aromatic nitrogens is 1. The summed E-state index contributed by atoms with van der Waals surface area (Å²) in [4.78, 5) is 17.9. The Morgan fingerprint density at radius 2 is 2.25 bits per heavy atom. The first kappa shape index (κ1) is 14.9. The van der Waals surface area contributed by atoms with Crippen molar-refractivity contribution in [1.29, 1.82) is 0 Å². The summed E-state index contributed by atoms with van der Waals surface area (Å²) in [5.41, 5.74) is 2.92. The van der Waals surface area contributed by atoms with Crippen LogP contribution in [0, 0.1) is 12.7 Å². The minimum absolute atomic E-state index is 0.0321. The van der Waals surface area contributed by atoms with Crippen molar-refractivity contribution in [2.75, 3.05) is 11.9 Å². The van der Waals surface area contributed by atoms with Crippen LogP contribution in [-0.2, 0) is 6.54 Å². The van der Waals surface area contributed by atoms with Gasteiger partial charge in [-0.2, -0.15) is 0 Å². The lowest BCUT2D eigenvalue weighted by molar-refractivity contribution is 0.0695. The van der Waals surface area contributed by atoms with Crippen molar-refractivity contribution in [1.82, 2.24) is 4.98 Å². The number of hydrogen-bond acceptors (Lipinski definition) is 4. The van der Waals surface area contributed by atoms with E-state index in [0.717, 1.165) is 10.6 Å². The second-order valence-electron chi connectivity index (χ2n) is 4.28. The fraction of sp³-hybridized carbons (Fsp3) is 0.231. The third kappa shape index (κ3) is 2.83. The Balaban J connectivity index is 2.31. The minimum atomic E-state index is -1.16. The number of carboxylic acids is 1. The van der Waals surface area contributed by atoms with Crippen molar-refractivity contribution >= 4 is 38.9 Å². The highest BCUT2D eigenvalue weighted by atomic mass is 79.9. The van der Waals surface area contributed by atoms with Gasteiger partial charge in [0.1, 0.15) is 0 Å². The van der Waals surface area contributed by atoms with E-state index in [2.05, 4.69) is 20.9 Å². The monoisotopic (exact) mass is 358 g/mol. The molecule has 0 aliphatic rings. The van der Waals surface area contributed by atoms with Crippen molar-refractivity contribution in [2.45, 2.75) is 13.5 Å². The number of aromatic carboxylic acids is 1. The summed E-state index contributed by atoms with van der Waals surface area (Å²) in [6.45, 7) is 2.42. The molecule has 2 aromatic rings. The first-order valence-electron chi connectivity index (χ1n) is 5.73. The maximum atomic E-state index is 14.2. The smallest absolute Gasteiger partial charge is 0.336 e. The molecule has 0 spiro atoms. The largest absolute Gasteiger partial charge is 0.478 e. The highest BCUT2D eigenvalue weighted by Gasteiger charge is 2.18. The molecule has 106 valence electrons. The molecule has 4 nitrogen and oxygen atoms in total. The second-order valence-corrected chi connectivity index (χ2v) is 6.01. The van der Waals surface area contributed by atoms with Gasteiger partial charge in [0.05, 0.1) is 33.5 Å². The molecule has 20 heavy (non-hydrogen) atoms. The fourth-order valence-electron chi connectivity index (χ4n) is 1.78. The first-order chi connectivity index (χ1) is 9.41. The summed E-state index contributed by atoms with van der Waals surface area (Å²) in [6, 6.07) is 2.86. The number of aryl methyl sites for hydroxylation is 1. The van der Waals surface area contributed by atoms with Gasteiger partial charge < -0.3 is 10.0 Å². The van der Waals surface area contributed by atoms with Crippen LogP contribution in [0.5, 0.6) is 0 Å². The third-order valence-corrected chi connectivity index (χ3v) is 4.62. The standard InChI is InChI=1S/C13H12BrFN2O2S/c1-7-10(20-6-16-7)5-17(2)9-4-3-8(13(18)19)11(14)12(9)15/h3-4,6H,5H2,1-2H3,(H,18,19). The van der Waals surface area contributed by atoms with E-state index in [1.165, 1.54) is 23.5 Å². The van der Waals surface area contributed by atoms with Gasteiger partial charge in [-0.25, -0.2) is 14.2 Å². The van der Waals surface area contributed by atoms with Crippen LogP contribution in [0.3, 0.4) is 0 Å². The van der Waals surface area contributed by atoms with E-state index < -0.39 is 11.8 Å². The number of carboxylic acid groups (broad SMARTS) is 1. The summed E-state index contributed by atoms with van der Waals surface area (Å²) in [6.07, 6.45) is 0. The van der Waals surface area contributed by atoms with E-state index in [0.29, 0.717) is 12.2 Å². The second kappa shape index (κ2) is 5.88. The molecule has 0 fully saturated rings. The number of carbonyl (C=O) groups is 1.